The highest BCUT2D eigenvalue weighted by Gasteiger charge is 2.40. The van der Waals surface area contributed by atoms with Crippen LogP contribution < -0.4 is 15.0 Å². The van der Waals surface area contributed by atoms with Crippen LogP contribution in [0, 0.1) is 5.41 Å². The first-order valence-electron chi connectivity index (χ1n) is 11.6. The van der Waals surface area contributed by atoms with Gasteiger partial charge in [0.2, 0.25) is 5.88 Å². The molecule has 0 unspecified atom stereocenters. The molecule has 0 radical (unpaired) electrons. The summed E-state index contributed by atoms with van der Waals surface area (Å²) in [6.07, 6.45) is 2.70. The van der Waals surface area contributed by atoms with Crippen molar-refractivity contribution in [2.75, 3.05) is 57.7 Å². The number of alkyl halides is 1. The number of carbonyl (C=O) groups excluding carboxylic acids is 2. The summed E-state index contributed by atoms with van der Waals surface area (Å²) in [5.41, 5.74) is -0.855. The van der Waals surface area contributed by atoms with Crippen molar-refractivity contribution in [1.29, 1.82) is 0 Å². The van der Waals surface area contributed by atoms with Crippen molar-refractivity contribution in [3.8, 4) is 5.88 Å². The van der Waals surface area contributed by atoms with Gasteiger partial charge in [0.25, 0.3) is 5.91 Å². The van der Waals surface area contributed by atoms with Crippen LogP contribution in [0.1, 0.15) is 50.0 Å². The van der Waals surface area contributed by atoms with E-state index in [2.05, 4.69) is 15.2 Å². The fourth-order valence-corrected chi connectivity index (χ4v) is 4.01. The van der Waals surface area contributed by atoms with Gasteiger partial charge in [0.05, 0.1) is 30.9 Å². The molecule has 3 rings (SSSR count). The van der Waals surface area contributed by atoms with Crippen LogP contribution >= 0.6 is 0 Å². The third-order valence-electron chi connectivity index (χ3n) is 6.45. The van der Waals surface area contributed by atoms with E-state index in [9.17, 15) is 19.1 Å². The van der Waals surface area contributed by atoms with Crippen LogP contribution in [-0.2, 0) is 14.3 Å². The molecule has 1 aromatic heterocycles. The maximum Gasteiger partial charge on any atom is 0.331 e. The lowest BCUT2D eigenvalue weighted by Crippen LogP contribution is -2.54. The normalized spacial score (nSPS) is 17.4. The second-order valence-electron chi connectivity index (χ2n) is 8.72. The summed E-state index contributed by atoms with van der Waals surface area (Å²) in [4.78, 5) is 32.3. The number of nitrogens with one attached hydrogen (secondary N) is 1. The summed E-state index contributed by atoms with van der Waals surface area (Å²) in [7, 11) is 0. The van der Waals surface area contributed by atoms with Gasteiger partial charge in [-0.1, -0.05) is 13.8 Å². The zero-order valence-corrected chi connectivity index (χ0v) is 19.4. The molecule has 0 atom stereocenters. The zero-order valence-electron chi connectivity index (χ0n) is 19.4. The van der Waals surface area contributed by atoms with Gasteiger partial charge in [-0.2, -0.15) is 0 Å². The van der Waals surface area contributed by atoms with E-state index >= 15 is 0 Å². The Kier molecular flexibility index (Phi) is 8.47. The number of nitrogens with zero attached hydrogens (tertiary/aromatic N) is 2. The highest BCUT2D eigenvalue weighted by Crippen LogP contribution is 2.33. The molecule has 2 N–H and O–H groups in total. The molecule has 10 heteroatoms. The molecule has 0 aliphatic carbocycles. The van der Waals surface area contributed by atoms with Gasteiger partial charge in [0.1, 0.15) is 31.1 Å². The summed E-state index contributed by atoms with van der Waals surface area (Å²) in [6.45, 7) is 5.06. The second-order valence-corrected chi connectivity index (χ2v) is 8.72. The van der Waals surface area contributed by atoms with Gasteiger partial charge in [-0.25, -0.2) is 14.2 Å². The average Bonchev–Trinajstić information content (AvgIpc) is 3.35. The minimum absolute atomic E-state index is 0.0667. The second kappa shape index (κ2) is 11.1. The zero-order chi connectivity index (χ0) is 23.9. The third kappa shape index (κ3) is 5.55. The van der Waals surface area contributed by atoms with E-state index < -0.39 is 29.5 Å². The molecular weight excluding hydrogens is 433 g/mol. The number of hydrogen-bond acceptors (Lipinski definition) is 8. The summed E-state index contributed by atoms with van der Waals surface area (Å²) in [6, 6.07) is 3.40. The fourth-order valence-electron chi connectivity index (χ4n) is 4.01. The molecule has 9 nitrogen and oxygen atoms in total. The number of rotatable bonds is 12. The number of anilines is 1. The average molecular weight is 468 g/mol. The van der Waals surface area contributed by atoms with Gasteiger partial charge >= 0.3 is 5.97 Å². The van der Waals surface area contributed by atoms with Crippen molar-refractivity contribution in [3.63, 3.8) is 0 Å². The van der Waals surface area contributed by atoms with Crippen molar-refractivity contribution >= 4 is 17.6 Å². The van der Waals surface area contributed by atoms with Crippen LogP contribution in [0.25, 0.3) is 0 Å². The van der Waals surface area contributed by atoms with Gasteiger partial charge in [0, 0.05) is 13.1 Å². The van der Waals surface area contributed by atoms with Crippen molar-refractivity contribution in [2.24, 2.45) is 5.41 Å². The van der Waals surface area contributed by atoms with Gasteiger partial charge in [-0.05, 0) is 37.8 Å². The summed E-state index contributed by atoms with van der Waals surface area (Å²) in [5, 5.41) is 12.5. The number of amides is 1. The van der Waals surface area contributed by atoms with Gasteiger partial charge in [0.15, 0.2) is 0 Å². The Hall–Kier alpha value is -2.46. The Labute approximate surface area is 193 Å². The Balaban J connectivity index is 1.82. The Bertz CT molecular complexity index is 817. The van der Waals surface area contributed by atoms with E-state index in [1.807, 2.05) is 0 Å². The number of halogens is 1. The molecule has 0 spiro atoms. The van der Waals surface area contributed by atoms with Crippen LogP contribution in [0.5, 0.6) is 5.88 Å². The van der Waals surface area contributed by atoms with Crippen molar-refractivity contribution in [3.05, 3.63) is 17.8 Å². The minimum atomic E-state index is -1.27. The summed E-state index contributed by atoms with van der Waals surface area (Å²) >= 11 is 0. The molecule has 2 fully saturated rings. The largest absolute Gasteiger partial charge is 0.475 e. The van der Waals surface area contributed by atoms with E-state index in [0.717, 1.165) is 31.6 Å². The molecule has 184 valence electrons. The first kappa shape index (κ1) is 25.2. The molecular formula is C23H34FN3O6. The fraction of sp³-hybridized carbons (Fsp3) is 0.696. The number of pyridine rings is 1. The van der Waals surface area contributed by atoms with Crippen LogP contribution in [-0.4, -0.2) is 80.3 Å². The minimum Gasteiger partial charge on any atom is -0.475 e. The SMILES string of the molecule is CCC(CC)(NC(=O)c1ccc(N2CCCC2)c(OCC2(CO)COC2)n1)C(=O)OCCF. The molecule has 33 heavy (non-hydrogen) atoms. The predicted molar refractivity (Wildman–Crippen MR) is 119 cm³/mol. The predicted octanol–water partition coefficient (Wildman–Crippen LogP) is 1.87. The van der Waals surface area contributed by atoms with E-state index in [0.29, 0.717) is 19.1 Å². The number of aromatic nitrogens is 1. The van der Waals surface area contributed by atoms with Gasteiger partial charge in [-0.3, -0.25) is 4.79 Å². The maximum atomic E-state index is 13.1. The first-order valence-corrected chi connectivity index (χ1v) is 11.6. The van der Waals surface area contributed by atoms with Gasteiger partial charge < -0.3 is 29.5 Å². The lowest BCUT2D eigenvalue weighted by molar-refractivity contribution is -0.153. The van der Waals surface area contributed by atoms with Gasteiger partial charge in [-0.15, -0.1) is 0 Å². The molecule has 2 saturated heterocycles. The number of hydrogen-bond donors (Lipinski definition) is 2. The Morgan fingerprint density at radius 2 is 1.97 bits per heavy atom. The number of aliphatic hydroxyl groups is 1. The summed E-state index contributed by atoms with van der Waals surface area (Å²) in [5.74, 6) is -0.904. The van der Waals surface area contributed by atoms with Crippen LogP contribution in [0.15, 0.2) is 12.1 Å². The maximum absolute atomic E-state index is 13.1. The molecule has 2 aliphatic rings. The Morgan fingerprint density at radius 1 is 1.27 bits per heavy atom. The highest BCUT2D eigenvalue weighted by atomic mass is 19.1. The van der Waals surface area contributed by atoms with E-state index in [-0.39, 0.29) is 38.4 Å². The number of aliphatic hydroxyl groups excluding tert-OH is 1. The molecule has 0 bridgehead atoms. The standard InChI is InChI=1S/C23H34FN3O6/c1-3-23(4-2,21(30)32-12-9-24)26-19(29)17-7-8-18(27-10-5-6-11-27)20(25-17)33-16-22(13-28)14-31-15-22/h7-8,28H,3-6,9-16H2,1-2H3,(H,26,29). The lowest BCUT2D eigenvalue weighted by Gasteiger charge is -2.39. The first-order chi connectivity index (χ1) is 15.9. The lowest BCUT2D eigenvalue weighted by atomic mass is 9.88. The van der Waals surface area contributed by atoms with Crippen LogP contribution in [0.3, 0.4) is 0 Å². The molecule has 3 heterocycles. The van der Waals surface area contributed by atoms with Crippen LogP contribution in [0.4, 0.5) is 10.1 Å². The van der Waals surface area contributed by atoms with Crippen molar-refractivity contribution < 1.29 is 33.3 Å². The van der Waals surface area contributed by atoms with E-state index in [1.54, 1.807) is 26.0 Å². The van der Waals surface area contributed by atoms with Crippen LogP contribution in [0.2, 0.25) is 0 Å². The molecule has 1 amide bonds. The molecule has 2 aliphatic heterocycles. The van der Waals surface area contributed by atoms with Crippen molar-refractivity contribution in [2.45, 2.75) is 45.1 Å². The number of esters is 1. The van der Waals surface area contributed by atoms with E-state index in [4.69, 9.17) is 14.2 Å². The third-order valence-corrected chi connectivity index (χ3v) is 6.45. The smallest absolute Gasteiger partial charge is 0.331 e. The molecule has 1 aromatic rings. The topological polar surface area (TPSA) is 110 Å². The van der Waals surface area contributed by atoms with E-state index in [1.165, 1.54) is 0 Å². The molecule has 0 saturated carbocycles. The number of ether oxygens (including phenoxy) is 3. The monoisotopic (exact) mass is 467 g/mol. The highest BCUT2D eigenvalue weighted by molar-refractivity contribution is 5.97. The van der Waals surface area contributed by atoms with Crippen molar-refractivity contribution in [1.82, 2.24) is 10.3 Å². The molecule has 0 aromatic carbocycles. The Morgan fingerprint density at radius 3 is 2.52 bits per heavy atom. The summed E-state index contributed by atoms with van der Waals surface area (Å²) < 4.78 is 28.7. The number of carbonyl (C=O) groups is 2. The quantitative estimate of drug-likeness (QED) is 0.449.